The summed E-state index contributed by atoms with van der Waals surface area (Å²) in [6.45, 7) is 3.78. The Morgan fingerprint density at radius 3 is 2.12 bits per heavy atom. The van der Waals surface area contributed by atoms with Gasteiger partial charge in [0.15, 0.2) is 5.78 Å². The summed E-state index contributed by atoms with van der Waals surface area (Å²) in [7, 11) is 0. The van der Waals surface area contributed by atoms with Gasteiger partial charge in [0.05, 0.1) is 0 Å². The van der Waals surface area contributed by atoms with Gasteiger partial charge in [-0.25, -0.2) is 9.59 Å². The van der Waals surface area contributed by atoms with Gasteiger partial charge in [-0.3, -0.25) is 4.79 Å². The van der Waals surface area contributed by atoms with Crippen molar-refractivity contribution in [3.8, 4) is 11.1 Å². The second-order valence-electron chi connectivity index (χ2n) is 8.31. The molecule has 168 valence electrons. The van der Waals surface area contributed by atoms with Gasteiger partial charge in [-0.15, -0.1) is 0 Å². The highest BCUT2D eigenvalue weighted by atomic mass is 16.5. The molecule has 1 aliphatic carbocycles. The minimum atomic E-state index is -1.38. The predicted octanol–water partition coefficient (Wildman–Crippen LogP) is 4.87. The van der Waals surface area contributed by atoms with Crippen LogP contribution in [0, 0.1) is 13.8 Å². The van der Waals surface area contributed by atoms with Crippen LogP contribution in [0.1, 0.15) is 45.0 Å². The van der Waals surface area contributed by atoms with Crippen molar-refractivity contribution >= 4 is 17.8 Å². The van der Waals surface area contributed by atoms with Gasteiger partial charge in [-0.05, 0) is 41.7 Å². The minimum Gasteiger partial charge on any atom is -0.480 e. The van der Waals surface area contributed by atoms with Crippen molar-refractivity contribution < 1.29 is 24.2 Å². The van der Waals surface area contributed by atoms with Gasteiger partial charge >= 0.3 is 12.1 Å². The van der Waals surface area contributed by atoms with Gasteiger partial charge in [0, 0.05) is 17.9 Å². The average molecular weight is 443 g/mol. The third-order valence-corrected chi connectivity index (χ3v) is 6.01. The summed E-state index contributed by atoms with van der Waals surface area (Å²) < 4.78 is 5.42. The summed E-state index contributed by atoms with van der Waals surface area (Å²) in [4.78, 5) is 36.8. The molecule has 0 bridgehead atoms. The molecule has 2 N–H and O–H groups in total. The third kappa shape index (κ3) is 4.65. The van der Waals surface area contributed by atoms with Crippen LogP contribution in [0.3, 0.4) is 0 Å². The quantitative estimate of drug-likeness (QED) is 0.509. The van der Waals surface area contributed by atoms with Crippen LogP contribution < -0.4 is 5.32 Å². The van der Waals surface area contributed by atoms with E-state index in [0.717, 1.165) is 33.4 Å². The number of hydrogen-bond donors (Lipinski definition) is 2. The fourth-order valence-corrected chi connectivity index (χ4v) is 4.40. The first-order valence-corrected chi connectivity index (χ1v) is 10.8. The van der Waals surface area contributed by atoms with E-state index in [1.807, 2.05) is 61.5 Å². The SMILES string of the molecule is Cc1ccc(C(=O)CC(NC(=O)OCC2c3ccccc3-c3ccccc32)C(=O)O)c(C)c1. The number of aryl methyl sites for hydroxylation is 2. The van der Waals surface area contributed by atoms with Gasteiger partial charge in [-0.2, -0.15) is 0 Å². The maximum absolute atomic E-state index is 12.7. The highest BCUT2D eigenvalue weighted by molar-refractivity contribution is 6.00. The molecule has 0 heterocycles. The summed E-state index contributed by atoms with van der Waals surface area (Å²) in [5.41, 5.74) is 6.55. The number of aliphatic carboxylic acids is 1. The van der Waals surface area contributed by atoms with Crippen molar-refractivity contribution in [3.63, 3.8) is 0 Å². The molecule has 0 saturated heterocycles. The second-order valence-corrected chi connectivity index (χ2v) is 8.31. The van der Waals surface area contributed by atoms with Crippen LogP contribution in [0.15, 0.2) is 66.7 Å². The van der Waals surface area contributed by atoms with Crippen LogP contribution in [0.2, 0.25) is 0 Å². The van der Waals surface area contributed by atoms with E-state index in [1.54, 1.807) is 19.1 Å². The number of carboxylic acids is 1. The molecule has 1 atom stereocenters. The number of amides is 1. The first-order valence-electron chi connectivity index (χ1n) is 10.8. The van der Waals surface area contributed by atoms with E-state index >= 15 is 0 Å². The molecule has 6 nitrogen and oxygen atoms in total. The number of alkyl carbamates (subject to hydrolysis) is 1. The van der Waals surface area contributed by atoms with E-state index in [1.165, 1.54) is 0 Å². The Morgan fingerprint density at radius 2 is 1.55 bits per heavy atom. The number of ketones is 1. The monoisotopic (exact) mass is 443 g/mol. The molecule has 3 aromatic carbocycles. The van der Waals surface area contributed by atoms with E-state index in [-0.39, 0.29) is 24.7 Å². The fourth-order valence-electron chi connectivity index (χ4n) is 4.40. The zero-order chi connectivity index (χ0) is 23.5. The first-order chi connectivity index (χ1) is 15.8. The zero-order valence-electron chi connectivity index (χ0n) is 18.5. The number of carbonyl (C=O) groups excluding carboxylic acids is 2. The van der Waals surface area contributed by atoms with E-state index in [2.05, 4.69) is 5.32 Å². The Balaban J connectivity index is 1.42. The number of hydrogen-bond acceptors (Lipinski definition) is 4. The topological polar surface area (TPSA) is 92.7 Å². The van der Waals surface area contributed by atoms with Crippen LogP contribution in [0.25, 0.3) is 11.1 Å². The van der Waals surface area contributed by atoms with Crippen LogP contribution >= 0.6 is 0 Å². The molecular weight excluding hydrogens is 418 g/mol. The molecule has 4 rings (SSSR count). The summed E-state index contributed by atoms with van der Waals surface area (Å²) in [6, 6.07) is 19.9. The molecule has 1 amide bonds. The Labute approximate surface area is 192 Å². The van der Waals surface area contributed by atoms with Gasteiger partial charge < -0.3 is 15.2 Å². The fraction of sp³-hybridized carbons (Fsp3) is 0.222. The summed E-state index contributed by atoms with van der Waals surface area (Å²) in [6.07, 6.45) is -1.22. The van der Waals surface area contributed by atoms with Crippen molar-refractivity contribution in [3.05, 3.63) is 94.5 Å². The van der Waals surface area contributed by atoms with Crippen LogP contribution in [0.5, 0.6) is 0 Å². The summed E-state index contributed by atoms with van der Waals surface area (Å²) in [5.74, 6) is -1.77. The lowest BCUT2D eigenvalue weighted by Crippen LogP contribution is -2.42. The molecule has 0 saturated carbocycles. The van der Waals surface area contributed by atoms with Crippen molar-refractivity contribution in [2.45, 2.75) is 32.2 Å². The molecule has 3 aromatic rings. The lowest BCUT2D eigenvalue weighted by molar-refractivity contribution is -0.139. The van der Waals surface area contributed by atoms with Gasteiger partial charge in [0.1, 0.15) is 12.6 Å². The Hall–Kier alpha value is -3.93. The Bertz CT molecular complexity index is 1190. The van der Waals surface area contributed by atoms with Crippen molar-refractivity contribution in [1.29, 1.82) is 0 Å². The van der Waals surface area contributed by atoms with Crippen molar-refractivity contribution in [2.24, 2.45) is 0 Å². The van der Waals surface area contributed by atoms with Crippen LogP contribution in [-0.2, 0) is 9.53 Å². The van der Waals surface area contributed by atoms with Crippen LogP contribution in [-0.4, -0.2) is 35.6 Å². The molecule has 0 spiro atoms. The predicted molar refractivity (Wildman–Crippen MR) is 124 cm³/mol. The maximum Gasteiger partial charge on any atom is 0.407 e. The maximum atomic E-state index is 12.7. The molecule has 33 heavy (non-hydrogen) atoms. The van der Waals surface area contributed by atoms with Gasteiger partial charge in [-0.1, -0.05) is 72.3 Å². The largest absolute Gasteiger partial charge is 0.480 e. The van der Waals surface area contributed by atoms with Gasteiger partial charge in [0.2, 0.25) is 0 Å². The number of Topliss-reactive ketones (excluding diaryl/α,β-unsaturated/α-hetero) is 1. The lowest BCUT2D eigenvalue weighted by atomic mass is 9.98. The van der Waals surface area contributed by atoms with Crippen molar-refractivity contribution in [1.82, 2.24) is 5.32 Å². The second kappa shape index (κ2) is 9.28. The van der Waals surface area contributed by atoms with E-state index in [4.69, 9.17) is 4.74 Å². The minimum absolute atomic E-state index is 0.0667. The number of rotatable bonds is 7. The molecule has 0 fully saturated rings. The lowest BCUT2D eigenvalue weighted by Gasteiger charge is -2.17. The normalized spacial score (nSPS) is 13.0. The Morgan fingerprint density at radius 1 is 0.939 bits per heavy atom. The van der Waals surface area contributed by atoms with Crippen molar-refractivity contribution in [2.75, 3.05) is 6.61 Å². The van der Waals surface area contributed by atoms with E-state index < -0.39 is 18.1 Å². The molecule has 0 aromatic heterocycles. The highest BCUT2D eigenvalue weighted by Crippen LogP contribution is 2.44. The molecule has 1 unspecified atom stereocenters. The number of fused-ring (bicyclic) bond motifs is 3. The smallest absolute Gasteiger partial charge is 0.407 e. The van der Waals surface area contributed by atoms with E-state index in [9.17, 15) is 19.5 Å². The number of carboxylic acid groups (broad SMARTS) is 1. The number of ether oxygens (including phenoxy) is 1. The molecule has 6 heteroatoms. The first kappa shape index (κ1) is 22.3. The van der Waals surface area contributed by atoms with Gasteiger partial charge in [0.25, 0.3) is 0 Å². The summed E-state index contributed by atoms with van der Waals surface area (Å²) >= 11 is 0. The zero-order valence-corrected chi connectivity index (χ0v) is 18.5. The van der Waals surface area contributed by atoms with Crippen LogP contribution in [0.4, 0.5) is 4.79 Å². The molecule has 0 aliphatic heterocycles. The average Bonchev–Trinajstić information content (AvgIpc) is 3.11. The number of benzene rings is 3. The number of carbonyl (C=O) groups is 3. The highest BCUT2D eigenvalue weighted by Gasteiger charge is 2.30. The molecule has 0 radical (unpaired) electrons. The number of nitrogens with one attached hydrogen (secondary N) is 1. The standard InChI is InChI=1S/C27H25NO5/c1-16-11-12-18(17(2)13-16)25(29)14-24(26(30)31)28-27(32)33-15-23-21-9-5-3-7-19(21)20-8-4-6-10-22(20)23/h3-13,23-24H,14-15H2,1-2H3,(H,28,32)(H,30,31). The Kier molecular flexibility index (Phi) is 6.27. The molecular formula is C27H25NO5. The summed E-state index contributed by atoms with van der Waals surface area (Å²) in [5, 5.41) is 11.9. The third-order valence-electron chi connectivity index (χ3n) is 6.01. The van der Waals surface area contributed by atoms with E-state index in [0.29, 0.717) is 5.56 Å². The molecule has 1 aliphatic rings.